The second kappa shape index (κ2) is 13.3. The Morgan fingerprint density at radius 3 is 2.70 bits per heavy atom. The molecule has 0 aliphatic carbocycles. The molecule has 13 heteroatoms. The number of ether oxygens (including phenoxy) is 3. The molecule has 1 aliphatic rings. The Balaban J connectivity index is 1.72. The zero-order valence-corrected chi connectivity index (χ0v) is 26.0. The highest BCUT2D eigenvalue weighted by Crippen LogP contribution is 2.37. The number of hydroxylamine groups is 1. The summed E-state index contributed by atoms with van der Waals surface area (Å²) in [7, 11) is 1.58. The second-order valence-corrected chi connectivity index (χ2v) is 11.9. The fourth-order valence-electron chi connectivity index (χ4n) is 5.29. The van der Waals surface area contributed by atoms with Crippen LogP contribution in [0.3, 0.4) is 0 Å². The number of nitrogens with one attached hydrogen (secondary N) is 1. The summed E-state index contributed by atoms with van der Waals surface area (Å²) in [6, 6.07) is 7.47. The summed E-state index contributed by atoms with van der Waals surface area (Å²) in [5.74, 6) is 0.247. The molecule has 1 N–H and O–H groups in total. The van der Waals surface area contributed by atoms with Gasteiger partial charge in [-0.05, 0) is 45.2 Å². The highest BCUT2D eigenvalue weighted by Gasteiger charge is 2.37. The van der Waals surface area contributed by atoms with Crippen molar-refractivity contribution < 1.29 is 28.3 Å². The predicted octanol–water partition coefficient (Wildman–Crippen LogP) is 4.10. The maximum atomic E-state index is 14.5. The summed E-state index contributed by atoms with van der Waals surface area (Å²) in [6.07, 6.45) is 5.06. The van der Waals surface area contributed by atoms with Crippen molar-refractivity contribution in [3.05, 3.63) is 81.3 Å². The standard InChI is InChI=1S/C31H36N4O8S/c1-6-14-42-33-29(37)31(3,4)35-27(36)24-19(2)25(26-32-13-17-41-26)44-28(24)34(30(35)38)18-23(43-20-11-15-40-16-12-20)21-9-7-8-10-22(21)39-5/h6-10,13,17,20,23H,1,11-12,14-16,18H2,2-5H3,(H,33,37). The maximum Gasteiger partial charge on any atom is 0.333 e. The first-order valence-corrected chi connectivity index (χ1v) is 15.1. The van der Waals surface area contributed by atoms with Gasteiger partial charge in [0.15, 0.2) is 0 Å². The molecule has 1 atom stereocenters. The van der Waals surface area contributed by atoms with E-state index in [1.165, 1.54) is 48.3 Å². The number of carbonyl (C=O) groups excluding carboxylic acids is 1. The molecular formula is C31H36N4O8S. The van der Waals surface area contributed by atoms with Crippen LogP contribution < -0.4 is 21.5 Å². The van der Waals surface area contributed by atoms with Gasteiger partial charge in [-0.25, -0.2) is 19.8 Å². The third kappa shape index (κ3) is 6.00. The number of amides is 1. The Hall–Kier alpha value is -4.04. The van der Waals surface area contributed by atoms with Crippen molar-refractivity contribution in [2.45, 2.75) is 57.9 Å². The number of oxazole rings is 1. The lowest BCUT2D eigenvalue weighted by Crippen LogP contribution is -2.55. The average Bonchev–Trinajstić information content (AvgIpc) is 3.67. The van der Waals surface area contributed by atoms with E-state index in [2.05, 4.69) is 17.0 Å². The van der Waals surface area contributed by atoms with Crippen LogP contribution in [0, 0.1) is 6.92 Å². The van der Waals surface area contributed by atoms with Crippen molar-refractivity contribution in [1.82, 2.24) is 19.6 Å². The van der Waals surface area contributed by atoms with Crippen LogP contribution >= 0.6 is 11.3 Å². The number of carbonyl (C=O) groups is 1. The molecule has 0 radical (unpaired) electrons. The van der Waals surface area contributed by atoms with E-state index in [1.54, 1.807) is 14.0 Å². The number of nitrogens with zero attached hydrogens (tertiary/aromatic N) is 3. The summed E-state index contributed by atoms with van der Waals surface area (Å²) < 4.78 is 25.9. The van der Waals surface area contributed by atoms with E-state index in [1.807, 2.05) is 24.3 Å². The van der Waals surface area contributed by atoms with Gasteiger partial charge in [0.1, 0.15) is 28.5 Å². The first-order chi connectivity index (χ1) is 21.2. The van der Waals surface area contributed by atoms with Gasteiger partial charge in [0.2, 0.25) is 5.89 Å². The molecule has 234 valence electrons. The molecule has 1 aromatic carbocycles. The largest absolute Gasteiger partial charge is 0.496 e. The molecule has 1 amide bonds. The number of hydrogen-bond donors (Lipinski definition) is 1. The molecule has 1 saturated heterocycles. The molecule has 4 heterocycles. The highest BCUT2D eigenvalue weighted by molar-refractivity contribution is 7.22. The van der Waals surface area contributed by atoms with Gasteiger partial charge in [0.25, 0.3) is 11.5 Å². The minimum Gasteiger partial charge on any atom is -0.496 e. The fourth-order valence-corrected chi connectivity index (χ4v) is 6.53. The molecule has 44 heavy (non-hydrogen) atoms. The van der Waals surface area contributed by atoms with E-state index in [0.717, 1.165) is 10.1 Å². The van der Waals surface area contributed by atoms with Crippen molar-refractivity contribution in [3.63, 3.8) is 0 Å². The predicted molar refractivity (Wildman–Crippen MR) is 165 cm³/mol. The number of hydrogen-bond acceptors (Lipinski definition) is 10. The topological polar surface area (TPSA) is 136 Å². The molecule has 1 fully saturated rings. The lowest BCUT2D eigenvalue weighted by molar-refractivity contribution is -0.140. The number of aromatic nitrogens is 3. The molecular weight excluding hydrogens is 588 g/mol. The minimum atomic E-state index is -1.63. The molecule has 4 aromatic rings. The Labute approximate surface area is 257 Å². The van der Waals surface area contributed by atoms with Crippen LogP contribution in [0.5, 0.6) is 5.75 Å². The van der Waals surface area contributed by atoms with Gasteiger partial charge < -0.3 is 18.6 Å². The van der Waals surface area contributed by atoms with Crippen LogP contribution in [0.4, 0.5) is 0 Å². The molecule has 1 unspecified atom stereocenters. The summed E-state index contributed by atoms with van der Waals surface area (Å²) >= 11 is 1.22. The number of thiophene rings is 1. The summed E-state index contributed by atoms with van der Waals surface area (Å²) in [6.45, 7) is 9.54. The Bertz CT molecular complexity index is 1750. The Kier molecular flexibility index (Phi) is 9.49. The van der Waals surface area contributed by atoms with Gasteiger partial charge in [-0.15, -0.1) is 17.9 Å². The number of rotatable bonds is 12. The fraction of sp³-hybridized carbons (Fsp3) is 0.419. The number of aryl methyl sites for hydroxylation is 1. The Morgan fingerprint density at radius 1 is 1.27 bits per heavy atom. The van der Waals surface area contributed by atoms with E-state index in [9.17, 15) is 14.4 Å². The number of fused-ring (bicyclic) bond motifs is 1. The summed E-state index contributed by atoms with van der Waals surface area (Å²) in [4.78, 5) is 52.4. The second-order valence-electron chi connectivity index (χ2n) is 10.9. The van der Waals surface area contributed by atoms with E-state index in [0.29, 0.717) is 53.0 Å². The molecule has 3 aromatic heterocycles. The SMILES string of the molecule is C=CCONC(=O)C(C)(C)n1c(=O)c2c(C)c(-c3ncco3)sc2n(CC(OC2CCOCC2)c2ccccc2OC)c1=O. The summed E-state index contributed by atoms with van der Waals surface area (Å²) in [5, 5.41) is 0.278. The van der Waals surface area contributed by atoms with E-state index in [-0.39, 0.29) is 24.6 Å². The quantitative estimate of drug-likeness (QED) is 0.140. The first-order valence-electron chi connectivity index (χ1n) is 14.3. The molecule has 12 nitrogen and oxygen atoms in total. The zero-order valence-electron chi connectivity index (χ0n) is 25.2. The van der Waals surface area contributed by atoms with Crippen molar-refractivity contribution in [2.75, 3.05) is 26.9 Å². The van der Waals surface area contributed by atoms with E-state index < -0.39 is 28.8 Å². The van der Waals surface area contributed by atoms with Gasteiger partial charge in [-0.3, -0.25) is 19.0 Å². The highest BCUT2D eigenvalue weighted by atomic mass is 32.1. The monoisotopic (exact) mass is 624 g/mol. The van der Waals surface area contributed by atoms with E-state index >= 15 is 0 Å². The van der Waals surface area contributed by atoms with Crippen LogP contribution in [0.1, 0.15) is 43.9 Å². The lowest BCUT2D eigenvalue weighted by Gasteiger charge is -2.30. The maximum absolute atomic E-state index is 14.5. The first kappa shape index (κ1) is 31.4. The minimum absolute atomic E-state index is 0.0307. The van der Waals surface area contributed by atoms with Gasteiger partial charge >= 0.3 is 5.69 Å². The van der Waals surface area contributed by atoms with Crippen molar-refractivity contribution in [3.8, 4) is 16.5 Å². The molecule has 0 saturated carbocycles. The van der Waals surface area contributed by atoms with E-state index in [4.69, 9.17) is 23.5 Å². The van der Waals surface area contributed by atoms with Crippen LogP contribution in [-0.2, 0) is 31.2 Å². The normalized spacial score (nSPS) is 14.9. The molecule has 1 aliphatic heterocycles. The van der Waals surface area contributed by atoms with Crippen LogP contribution in [0.2, 0.25) is 0 Å². The van der Waals surface area contributed by atoms with Gasteiger partial charge in [-0.1, -0.05) is 24.3 Å². The van der Waals surface area contributed by atoms with Crippen molar-refractivity contribution in [2.24, 2.45) is 0 Å². The molecule has 0 bridgehead atoms. The molecule has 0 spiro atoms. The summed E-state index contributed by atoms with van der Waals surface area (Å²) in [5.41, 5.74) is 0.728. The van der Waals surface area contributed by atoms with Crippen LogP contribution in [0.15, 0.2) is 63.4 Å². The number of methoxy groups -OCH3 is 1. The van der Waals surface area contributed by atoms with Gasteiger partial charge in [0, 0.05) is 18.8 Å². The van der Waals surface area contributed by atoms with Crippen LogP contribution in [-0.4, -0.2) is 53.1 Å². The third-order valence-corrected chi connectivity index (χ3v) is 8.98. The van der Waals surface area contributed by atoms with Crippen molar-refractivity contribution >= 4 is 27.5 Å². The Morgan fingerprint density at radius 2 is 2.02 bits per heavy atom. The van der Waals surface area contributed by atoms with Crippen molar-refractivity contribution in [1.29, 1.82) is 0 Å². The van der Waals surface area contributed by atoms with Gasteiger partial charge in [-0.2, -0.15) is 0 Å². The molecule has 5 rings (SSSR count). The smallest absolute Gasteiger partial charge is 0.333 e. The third-order valence-electron chi connectivity index (χ3n) is 7.68. The van der Waals surface area contributed by atoms with Gasteiger partial charge in [0.05, 0.1) is 42.8 Å². The zero-order chi connectivity index (χ0) is 31.4. The number of para-hydroxylation sites is 1. The number of benzene rings is 1. The van der Waals surface area contributed by atoms with Crippen LogP contribution in [0.25, 0.3) is 21.0 Å². The lowest BCUT2D eigenvalue weighted by atomic mass is 10.0. The average molecular weight is 625 g/mol.